The summed E-state index contributed by atoms with van der Waals surface area (Å²) in [5.41, 5.74) is 0.0257. The molecule has 0 spiro atoms. The number of halogens is 4. The number of esters is 1. The zero-order valence-corrected chi connectivity index (χ0v) is 21.4. The summed E-state index contributed by atoms with van der Waals surface area (Å²) in [6.07, 6.45) is -1.84. The van der Waals surface area contributed by atoms with E-state index < -0.39 is 44.5 Å². The number of ether oxygens (including phenoxy) is 2. The quantitative estimate of drug-likeness (QED) is 0.284. The summed E-state index contributed by atoms with van der Waals surface area (Å²) in [5, 5.41) is 4.22. The summed E-state index contributed by atoms with van der Waals surface area (Å²) in [6, 6.07) is 6.08. The molecule has 0 fully saturated rings. The van der Waals surface area contributed by atoms with Crippen molar-refractivity contribution in [2.75, 3.05) is 13.7 Å². The number of sulfonamides is 1. The molecule has 2 aromatic carbocycles. The van der Waals surface area contributed by atoms with Gasteiger partial charge < -0.3 is 9.47 Å². The molecule has 1 unspecified atom stereocenters. The Labute approximate surface area is 216 Å². The molecule has 0 amide bonds. The van der Waals surface area contributed by atoms with Crippen LogP contribution in [0.25, 0.3) is 0 Å². The molecule has 4 rings (SSSR count). The number of aromatic nitrogens is 2. The lowest BCUT2D eigenvalue weighted by molar-refractivity contribution is -0.144. The second kappa shape index (κ2) is 10.7. The zero-order chi connectivity index (χ0) is 27.7. The SMILES string of the molecule is CCOC(=O)Cn1ncc2c1CCCC2N(C)S(=O)(=O)c1cc(Oc2ccc(F)cc2)cc(C(F)(F)F)c1. The number of rotatable bonds is 8. The normalized spacial score (nSPS) is 15.8. The smallest absolute Gasteiger partial charge is 0.416 e. The lowest BCUT2D eigenvalue weighted by Gasteiger charge is -2.31. The molecular formula is C25H25F4N3O5S. The molecule has 3 aromatic rings. The number of hydrogen-bond acceptors (Lipinski definition) is 6. The van der Waals surface area contributed by atoms with Gasteiger partial charge in [-0.15, -0.1) is 0 Å². The molecule has 0 aliphatic heterocycles. The molecule has 8 nitrogen and oxygen atoms in total. The summed E-state index contributed by atoms with van der Waals surface area (Å²) < 4.78 is 94.3. The van der Waals surface area contributed by atoms with E-state index in [1.54, 1.807) is 6.92 Å². The van der Waals surface area contributed by atoms with Crippen molar-refractivity contribution in [2.45, 2.75) is 49.8 Å². The molecule has 0 N–H and O–H groups in total. The van der Waals surface area contributed by atoms with Gasteiger partial charge in [-0.05, 0) is 62.6 Å². The van der Waals surface area contributed by atoms with Crippen LogP contribution in [0.4, 0.5) is 17.6 Å². The Hall–Kier alpha value is -3.45. The van der Waals surface area contributed by atoms with Gasteiger partial charge in [0, 0.05) is 24.4 Å². The minimum Gasteiger partial charge on any atom is -0.465 e. The van der Waals surface area contributed by atoms with Crippen molar-refractivity contribution < 1.29 is 40.2 Å². The molecule has 1 aromatic heterocycles. The summed E-state index contributed by atoms with van der Waals surface area (Å²) in [4.78, 5) is 11.3. The lowest BCUT2D eigenvalue weighted by atomic mass is 9.93. The summed E-state index contributed by atoms with van der Waals surface area (Å²) in [5.74, 6) is -1.39. The minimum absolute atomic E-state index is 0.0355. The average molecular weight is 556 g/mol. The van der Waals surface area contributed by atoms with Crippen LogP contribution in [-0.4, -0.2) is 42.1 Å². The first-order chi connectivity index (χ1) is 17.9. The molecule has 0 radical (unpaired) electrons. The van der Waals surface area contributed by atoms with Gasteiger partial charge in [0.15, 0.2) is 0 Å². The maximum atomic E-state index is 13.7. The maximum Gasteiger partial charge on any atom is 0.416 e. The van der Waals surface area contributed by atoms with Crippen LogP contribution in [0, 0.1) is 5.82 Å². The van der Waals surface area contributed by atoms with Gasteiger partial charge in [0.05, 0.1) is 29.3 Å². The first-order valence-electron chi connectivity index (χ1n) is 11.7. The van der Waals surface area contributed by atoms with Crippen LogP contribution in [0.2, 0.25) is 0 Å². The summed E-state index contributed by atoms with van der Waals surface area (Å²) >= 11 is 0. The van der Waals surface area contributed by atoms with Crippen LogP contribution >= 0.6 is 0 Å². The zero-order valence-electron chi connectivity index (χ0n) is 20.5. The first kappa shape index (κ1) is 27.6. The first-order valence-corrected chi connectivity index (χ1v) is 13.2. The standard InChI is InChI=1S/C25H25F4N3O5S/c1-3-36-24(33)15-32-23-6-4-5-22(21(23)14-30-32)31(2)38(34,35)20-12-16(25(27,28)29)11-19(13-20)37-18-9-7-17(26)8-10-18/h7-14,22H,3-6,15H2,1-2H3. The third kappa shape index (κ3) is 5.83. The van der Waals surface area contributed by atoms with E-state index in [0.29, 0.717) is 42.7 Å². The van der Waals surface area contributed by atoms with E-state index in [-0.39, 0.29) is 24.7 Å². The van der Waals surface area contributed by atoms with Crippen molar-refractivity contribution in [3.63, 3.8) is 0 Å². The highest BCUT2D eigenvalue weighted by atomic mass is 32.2. The van der Waals surface area contributed by atoms with E-state index in [0.717, 1.165) is 22.5 Å². The molecule has 13 heteroatoms. The van der Waals surface area contributed by atoms with E-state index in [1.807, 2.05) is 0 Å². The predicted molar refractivity (Wildman–Crippen MR) is 127 cm³/mol. The van der Waals surface area contributed by atoms with Crippen molar-refractivity contribution in [1.82, 2.24) is 14.1 Å². The highest BCUT2D eigenvalue weighted by Crippen LogP contribution is 2.39. The number of alkyl halides is 3. The number of hydrogen-bond donors (Lipinski definition) is 0. The van der Waals surface area contributed by atoms with Crippen molar-refractivity contribution in [2.24, 2.45) is 0 Å². The number of carbonyl (C=O) groups excluding carboxylic acids is 1. The van der Waals surface area contributed by atoms with Gasteiger partial charge in [-0.2, -0.15) is 22.6 Å². The van der Waals surface area contributed by atoms with Crippen molar-refractivity contribution in [3.8, 4) is 11.5 Å². The number of carbonyl (C=O) groups is 1. The average Bonchev–Trinajstić information content (AvgIpc) is 3.27. The molecule has 0 bridgehead atoms. The van der Waals surface area contributed by atoms with Crippen molar-refractivity contribution in [1.29, 1.82) is 0 Å². The fourth-order valence-corrected chi connectivity index (χ4v) is 5.78. The Morgan fingerprint density at radius 2 is 1.87 bits per heavy atom. The van der Waals surface area contributed by atoms with Gasteiger partial charge >= 0.3 is 12.1 Å². The van der Waals surface area contributed by atoms with E-state index in [1.165, 1.54) is 30.1 Å². The van der Waals surface area contributed by atoms with Crippen LogP contribution in [0.3, 0.4) is 0 Å². The van der Waals surface area contributed by atoms with Crippen molar-refractivity contribution >= 4 is 16.0 Å². The van der Waals surface area contributed by atoms with Gasteiger partial charge in [0.2, 0.25) is 10.0 Å². The Balaban J connectivity index is 1.68. The number of nitrogens with zero attached hydrogens (tertiary/aromatic N) is 3. The van der Waals surface area contributed by atoms with E-state index >= 15 is 0 Å². The van der Waals surface area contributed by atoms with E-state index in [2.05, 4.69) is 5.10 Å². The minimum atomic E-state index is -4.85. The van der Waals surface area contributed by atoms with E-state index in [4.69, 9.17) is 9.47 Å². The number of fused-ring (bicyclic) bond motifs is 1. The Bertz CT molecular complexity index is 1420. The van der Waals surface area contributed by atoms with Crippen LogP contribution < -0.4 is 4.74 Å². The molecule has 38 heavy (non-hydrogen) atoms. The molecule has 1 heterocycles. The monoisotopic (exact) mass is 555 g/mol. The van der Waals surface area contributed by atoms with Gasteiger partial charge in [-0.3, -0.25) is 9.48 Å². The third-order valence-electron chi connectivity index (χ3n) is 6.19. The predicted octanol–water partition coefficient (Wildman–Crippen LogP) is 5.09. The van der Waals surface area contributed by atoms with Crippen LogP contribution in [-0.2, 0) is 38.7 Å². The van der Waals surface area contributed by atoms with Crippen LogP contribution in [0.5, 0.6) is 11.5 Å². The molecule has 204 valence electrons. The topological polar surface area (TPSA) is 90.7 Å². The van der Waals surface area contributed by atoms with Crippen LogP contribution in [0.15, 0.2) is 53.6 Å². The van der Waals surface area contributed by atoms with Gasteiger partial charge in [0.1, 0.15) is 23.9 Å². The second-order valence-corrected chi connectivity index (χ2v) is 10.7. The Morgan fingerprint density at radius 1 is 1.16 bits per heavy atom. The third-order valence-corrected chi connectivity index (χ3v) is 8.03. The molecule has 1 aliphatic rings. The molecule has 0 saturated carbocycles. The summed E-state index contributed by atoms with van der Waals surface area (Å²) in [7, 11) is -3.15. The fraction of sp³-hybridized carbons (Fsp3) is 0.360. The van der Waals surface area contributed by atoms with Crippen LogP contribution in [0.1, 0.15) is 42.6 Å². The molecule has 0 saturated heterocycles. The van der Waals surface area contributed by atoms with Crippen molar-refractivity contribution in [3.05, 3.63) is 71.3 Å². The largest absolute Gasteiger partial charge is 0.465 e. The van der Waals surface area contributed by atoms with Gasteiger partial charge in [-0.25, -0.2) is 12.8 Å². The fourth-order valence-electron chi connectivity index (χ4n) is 4.35. The maximum absolute atomic E-state index is 13.7. The Morgan fingerprint density at radius 3 is 2.53 bits per heavy atom. The second-order valence-electron chi connectivity index (χ2n) is 8.69. The Kier molecular flexibility index (Phi) is 7.79. The summed E-state index contributed by atoms with van der Waals surface area (Å²) in [6.45, 7) is 1.75. The molecule has 1 atom stereocenters. The molecule has 1 aliphatic carbocycles. The van der Waals surface area contributed by atoms with E-state index in [9.17, 15) is 30.8 Å². The van der Waals surface area contributed by atoms with Gasteiger partial charge in [-0.1, -0.05) is 0 Å². The lowest BCUT2D eigenvalue weighted by Crippen LogP contribution is -2.33. The highest BCUT2D eigenvalue weighted by molar-refractivity contribution is 7.89. The number of benzene rings is 2. The highest BCUT2D eigenvalue weighted by Gasteiger charge is 2.37. The van der Waals surface area contributed by atoms with Gasteiger partial charge in [0.25, 0.3) is 0 Å². The molecular weight excluding hydrogens is 530 g/mol.